The van der Waals surface area contributed by atoms with Gasteiger partial charge in [-0.2, -0.15) is 0 Å². The van der Waals surface area contributed by atoms with E-state index in [1.807, 2.05) is 0 Å². The smallest absolute Gasteiger partial charge is 0.235 e. The zero-order valence-electron chi connectivity index (χ0n) is 27.1. The fraction of sp³-hybridized carbons (Fsp3) is 0.0667. The number of hydrogen-bond donors (Lipinski definition) is 0. The molecule has 0 saturated carbocycles. The fourth-order valence-corrected chi connectivity index (χ4v) is 8.83. The van der Waals surface area contributed by atoms with Crippen molar-refractivity contribution >= 4 is 60.5 Å². The lowest BCUT2D eigenvalue weighted by molar-refractivity contribution is 0.663. The van der Waals surface area contributed by atoms with Crippen LogP contribution in [0.5, 0.6) is 0 Å². The molecule has 0 N–H and O–H groups in total. The Bertz CT molecular complexity index is 2860. The molecule has 0 unspecified atom stereocenters. The second kappa shape index (κ2) is 9.42. The predicted molar refractivity (Wildman–Crippen MR) is 203 cm³/mol. The van der Waals surface area contributed by atoms with E-state index in [-0.39, 0.29) is 5.41 Å². The maximum atomic E-state index is 5.57. The van der Waals surface area contributed by atoms with Crippen molar-refractivity contribution in [2.24, 2.45) is 0 Å². The van der Waals surface area contributed by atoms with Crippen molar-refractivity contribution in [2.45, 2.75) is 19.3 Å². The predicted octanol–water partition coefficient (Wildman–Crippen LogP) is 11.6. The normalized spacial score (nSPS) is 14.0. The molecule has 1 aliphatic heterocycles. The molecule has 4 heteroatoms. The highest BCUT2D eigenvalue weighted by atomic mass is 15.2. The molecule has 0 bridgehead atoms. The minimum absolute atomic E-state index is 0.214. The van der Waals surface area contributed by atoms with Gasteiger partial charge in [-0.3, -0.25) is 4.57 Å². The largest absolute Gasteiger partial charge is 0.309 e. The molecule has 3 heterocycles. The molecular formula is C45H30N4. The van der Waals surface area contributed by atoms with Crippen LogP contribution in [0.4, 0.5) is 17.1 Å². The van der Waals surface area contributed by atoms with Gasteiger partial charge < -0.3 is 4.90 Å². The average Bonchev–Trinajstić information content (AvgIpc) is 3.61. The highest BCUT2D eigenvalue weighted by molar-refractivity contribution is 6.23. The van der Waals surface area contributed by atoms with Crippen LogP contribution < -0.4 is 4.90 Å². The first-order valence-electron chi connectivity index (χ1n) is 16.9. The summed E-state index contributed by atoms with van der Waals surface area (Å²) in [6, 6.07) is 52.4. The summed E-state index contributed by atoms with van der Waals surface area (Å²) in [5, 5.41) is 6.01. The van der Waals surface area contributed by atoms with Crippen LogP contribution in [0.15, 0.2) is 146 Å². The molecule has 11 rings (SSSR count). The summed E-state index contributed by atoms with van der Waals surface area (Å²) in [6.45, 7) is 4.73. The average molecular weight is 627 g/mol. The molecule has 2 aromatic heterocycles. The van der Waals surface area contributed by atoms with Crippen molar-refractivity contribution in [3.05, 3.63) is 157 Å². The number of benzene rings is 7. The molecule has 4 nitrogen and oxygen atoms in total. The molecule has 0 radical (unpaired) electrons. The fourth-order valence-electron chi connectivity index (χ4n) is 8.83. The van der Waals surface area contributed by atoms with E-state index in [4.69, 9.17) is 9.97 Å². The van der Waals surface area contributed by atoms with Gasteiger partial charge in [-0.1, -0.05) is 123 Å². The Morgan fingerprint density at radius 2 is 1.29 bits per heavy atom. The van der Waals surface area contributed by atoms with Crippen LogP contribution in [-0.4, -0.2) is 14.5 Å². The van der Waals surface area contributed by atoms with Gasteiger partial charge in [0, 0.05) is 27.4 Å². The topological polar surface area (TPSA) is 34.0 Å². The van der Waals surface area contributed by atoms with Crippen LogP contribution in [0.1, 0.15) is 25.0 Å². The van der Waals surface area contributed by atoms with Gasteiger partial charge in [-0.15, -0.1) is 0 Å². The van der Waals surface area contributed by atoms with Gasteiger partial charge in [0.05, 0.1) is 39.0 Å². The molecule has 0 saturated heterocycles. The van der Waals surface area contributed by atoms with Gasteiger partial charge in [-0.25, -0.2) is 9.97 Å². The van der Waals surface area contributed by atoms with Crippen molar-refractivity contribution < 1.29 is 0 Å². The van der Waals surface area contributed by atoms with Gasteiger partial charge >= 0.3 is 0 Å². The van der Waals surface area contributed by atoms with Gasteiger partial charge in [0.2, 0.25) is 5.95 Å². The minimum atomic E-state index is -0.214. The number of anilines is 3. The standard InChI is InChI=1S/C45H30N4/c1-45(2)34-19-10-8-17-30(34)31-24-25-33-39-29-16-7-6-13-27(29)23-26-38(39)49(43(33)41(31)45)44-46-35-20-12-22-37-40(35)42(47-44)32-18-9-11-21-36(32)48(37)28-14-4-3-5-15-28/h3-26H,1-2H3. The second-order valence-corrected chi connectivity index (χ2v) is 13.8. The van der Waals surface area contributed by atoms with E-state index in [1.54, 1.807) is 0 Å². The van der Waals surface area contributed by atoms with Crippen LogP contribution in [0.2, 0.25) is 0 Å². The Morgan fingerprint density at radius 3 is 2.18 bits per heavy atom. The summed E-state index contributed by atoms with van der Waals surface area (Å²) in [5.74, 6) is 0.693. The maximum absolute atomic E-state index is 5.57. The Kier molecular flexibility index (Phi) is 5.15. The third kappa shape index (κ3) is 3.42. The summed E-state index contributed by atoms with van der Waals surface area (Å²) in [5.41, 5.74) is 13.7. The third-order valence-electron chi connectivity index (χ3n) is 10.9. The maximum Gasteiger partial charge on any atom is 0.235 e. The van der Waals surface area contributed by atoms with Crippen molar-refractivity contribution in [1.82, 2.24) is 14.5 Å². The second-order valence-electron chi connectivity index (χ2n) is 13.8. The zero-order valence-corrected chi connectivity index (χ0v) is 27.1. The number of nitrogens with zero attached hydrogens (tertiary/aromatic N) is 4. The summed E-state index contributed by atoms with van der Waals surface area (Å²) in [4.78, 5) is 13.4. The Balaban J connectivity index is 1.30. The quantitative estimate of drug-likeness (QED) is 0.191. The molecule has 0 fully saturated rings. The summed E-state index contributed by atoms with van der Waals surface area (Å²) < 4.78 is 2.36. The molecule has 0 atom stereocenters. The monoisotopic (exact) mass is 626 g/mol. The van der Waals surface area contributed by atoms with Crippen LogP contribution >= 0.6 is 0 Å². The van der Waals surface area contributed by atoms with E-state index in [9.17, 15) is 0 Å². The zero-order chi connectivity index (χ0) is 32.4. The molecule has 1 aliphatic carbocycles. The number of aromatic nitrogens is 3. The summed E-state index contributed by atoms with van der Waals surface area (Å²) in [7, 11) is 0. The number of fused-ring (bicyclic) bond motifs is 11. The highest BCUT2D eigenvalue weighted by Gasteiger charge is 2.39. The lowest BCUT2D eigenvalue weighted by Gasteiger charge is -2.32. The SMILES string of the molecule is CC1(C)c2ccccc2-c2ccc3c4c5ccccc5ccc4n(-c4nc5c6c(cccc6n4)N(c4ccccc4)c4ccccc4-5)c3c21. The van der Waals surface area contributed by atoms with Crippen molar-refractivity contribution in [2.75, 3.05) is 4.90 Å². The van der Waals surface area contributed by atoms with E-state index in [1.165, 1.54) is 49.3 Å². The first kappa shape index (κ1) is 26.8. The van der Waals surface area contributed by atoms with Crippen LogP contribution in [0.25, 0.3) is 71.8 Å². The Morgan fingerprint density at radius 1 is 0.531 bits per heavy atom. The van der Waals surface area contributed by atoms with Crippen LogP contribution in [0.3, 0.4) is 0 Å². The summed E-state index contributed by atoms with van der Waals surface area (Å²) in [6.07, 6.45) is 0. The van der Waals surface area contributed by atoms with Crippen molar-refractivity contribution in [1.29, 1.82) is 0 Å². The third-order valence-corrected chi connectivity index (χ3v) is 10.9. The number of hydrogen-bond acceptors (Lipinski definition) is 3. The van der Waals surface area contributed by atoms with E-state index >= 15 is 0 Å². The number of rotatable bonds is 2. The first-order valence-corrected chi connectivity index (χ1v) is 16.9. The Labute approximate surface area is 283 Å². The molecule has 0 amide bonds. The van der Waals surface area contributed by atoms with Gasteiger partial charge in [-0.05, 0) is 69.4 Å². The highest BCUT2D eigenvalue weighted by Crippen LogP contribution is 2.54. The van der Waals surface area contributed by atoms with E-state index < -0.39 is 0 Å². The minimum Gasteiger partial charge on any atom is -0.309 e. The molecule has 9 aromatic rings. The van der Waals surface area contributed by atoms with Crippen LogP contribution in [0, 0.1) is 0 Å². The van der Waals surface area contributed by atoms with E-state index in [2.05, 4.69) is 169 Å². The van der Waals surface area contributed by atoms with Gasteiger partial charge in [0.25, 0.3) is 0 Å². The van der Waals surface area contributed by atoms with Gasteiger partial charge in [0.15, 0.2) is 0 Å². The summed E-state index contributed by atoms with van der Waals surface area (Å²) >= 11 is 0. The molecule has 2 aliphatic rings. The molecular weight excluding hydrogens is 597 g/mol. The van der Waals surface area contributed by atoms with Crippen molar-refractivity contribution in [3.8, 4) is 28.3 Å². The molecule has 230 valence electrons. The molecule has 0 spiro atoms. The molecule has 49 heavy (non-hydrogen) atoms. The van der Waals surface area contributed by atoms with Crippen molar-refractivity contribution in [3.63, 3.8) is 0 Å². The molecule has 7 aromatic carbocycles. The first-order chi connectivity index (χ1) is 24.1. The lowest BCUT2D eigenvalue weighted by Crippen LogP contribution is -2.18. The van der Waals surface area contributed by atoms with Crippen LogP contribution in [-0.2, 0) is 5.41 Å². The number of para-hydroxylation sites is 2. The van der Waals surface area contributed by atoms with E-state index in [0.717, 1.165) is 44.7 Å². The lowest BCUT2D eigenvalue weighted by atomic mass is 9.81. The van der Waals surface area contributed by atoms with Gasteiger partial charge in [0.1, 0.15) is 0 Å². The Hall–Kier alpha value is -6.26. The van der Waals surface area contributed by atoms with E-state index in [0.29, 0.717) is 5.95 Å².